The van der Waals surface area contributed by atoms with Gasteiger partial charge in [-0.3, -0.25) is 0 Å². The largest absolute Gasteiger partial charge is 0.250 e. The van der Waals surface area contributed by atoms with Crippen LogP contribution in [0.3, 0.4) is 0 Å². The Morgan fingerprint density at radius 1 is 1.33 bits per heavy atom. The van der Waals surface area contributed by atoms with Gasteiger partial charge in [0.1, 0.15) is 5.69 Å². The summed E-state index contributed by atoms with van der Waals surface area (Å²) in [5.74, 6) is -0.528. The number of nitrogens with zero attached hydrogens (tertiary/aromatic N) is 1. The van der Waals surface area contributed by atoms with Gasteiger partial charge in [0.2, 0.25) is 0 Å². The van der Waals surface area contributed by atoms with E-state index in [0.29, 0.717) is 5.56 Å². The van der Waals surface area contributed by atoms with E-state index >= 15 is 0 Å². The molecule has 0 aliphatic carbocycles. The molecule has 1 N–H and O–H groups in total. The van der Waals surface area contributed by atoms with Crippen LogP contribution < -0.4 is 4.72 Å². The molecular weight excluding hydrogens is 311 g/mol. The number of hydrogen-bond acceptors (Lipinski definition) is 3. The Labute approximate surface area is 129 Å². The molecule has 0 aliphatic heterocycles. The third-order valence-corrected chi connectivity index (χ3v) is 4.95. The zero-order valence-electron chi connectivity index (χ0n) is 13.3. The summed E-state index contributed by atoms with van der Waals surface area (Å²) in [5, 5.41) is 0. The summed E-state index contributed by atoms with van der Waals surface area (Å²) in [6.07, 6.45) is 2.91. The van der Waals surface area contributed by atoms with E-state index in [9.17, 15) is 12.8 Å². The highest BCUT2D eigenvalue weighted by Gasteiger charge is 2.23. The first-order valence-electron chi connectivity index (χ1n) is 6.55. The van der Waals surface area contributed by atoms with Gasteiger partial charge in [0, 0.05) is 33.8 Å². The summed E-state index contributed by atoms with van der Waals surface area (Å²) in [7, 11) is -3.74. The summed E-state index contributed by atoms with van der Waals surface area (Å²) in [6, 6.07) is 4.31. The van der Waals surface area contributed by atoms with E-state index in [0.717, 1.165) is 0 Å². The molecule has 1 aromatic rings. The van der Waals surface area contributed by atoms with Crippen molar-refractivity contribution in [1.29, 1.82) is 0 Å². The standard InChI is InChI=1S/C14H23FN2O2S2/c1-10(16-20(18)14(2,3)4)11-8-7-9-12(13(11)15)17-21(5,6)19/h7-10,16H,1-6H3/t10-,20+/m1/s1. The molecule has 0 spiro atoms. The van der Waals surface area contributed by atoms with Gasteiger partial charge < -0.3 is 0 Å². The average Bonchev–Trinajstić information content (AvgIpc) is 2.28. The van der Waals surface area contributed by atoms with Crippen LogP contribution in [0.5, 0.6) is 0 Å². The maximum atomic E-state index is 14.4. The lowest BCUT2D eigenvalue weighted by Crippen LogP contribution is -2.35. The van der Waals surface area contributed by atoms with Crippen molar-refractivity contribution < 1.29 is 12.8 Å². The van der Waals surface area contributed by atoms with E-state index in [1.807, 2.05) is 20.8 Å². The van der Waals surface area contributed by atoms with Crippen molar-refractivity contribution in [3.8, 4) is 0 Å². The molecule has 0 unspecified atom stereocenters. The summed E-state index contributed by atoms with van der Waals surface area (Å²) >= 11 is 0. The van der Waals surface area contributed by atoms with E-state index in [4.69, 9.17) is 0 Å². The van der Waals surface area contributed by atoms with Crippen LogP contribution in [0.15, 0.2) is 22.6 Å². The molecule has 7 heteroatoms. The maximum absolute atomic E-state index is 14.4. The van der Waals surface area contributed by atoms with Crippen LogP contribution in [0, 0.1) is 5.82 Å². The van der Waals surface area contributed by atoms with E-state index < -0.39 is 37.3 Å². The predicted octanol–water partition coefficient (Wildman–Crippen LogP) is 3.30. The molecule has 0 bridgehead atoms. The van der Waals surface area contributed by atoms with Gasteiger partial charge in [-0.05, 0) is 33.8 Å². The molecule has 2 atom stereocenters. The summed E-state index contributed by atoms with van der Waals surface area (Å²) < 4.78 is 44.6. The lowest BCUT2D eigenvalue weighted by atomic mass is 10.1. The van der Waals surface area contributed by atoms with Gasteiger partial charge in [-0.2, -0.15) is 4.36 Å². The summed E-state index contributed by atoms with van der Waals surface area (Å²) in [4.78, 5) is 0. The van der Waals surface area contributed by atoms with Gasteiger partial charge >= 0.3 is 0 Å². The summed E-state index contributed by atoms with van der Waals surface area (Å²) in [5.41, 5.74) is 0.426. The Morgan fingerprint density at radius 2 is 1.90 bits per heavy atom. The Balaban J connectivity index is 3.13. The molecule has 0 heterocycles. The maximum Gasteiger partial charge on any atom is 0.154 e. The fourth-order valence-corrected chi connectivity index (χ4v) is 3.00. The number of rotatable bonds is 4. The third kappa shape index (κ3) is 5.48. The molecule has 0 saturated heterocycles. The van der Waals surface area contributed by atoms with Gasteiger partial charge in [-0.15, -0.1) is 0 Å². The molecule has 4 nitrogen and oxygen atoms in total. The quantitative estimate of drug-likeness (QED) is 0.918. The SMILES string of the molecule is C[C@@H](N[S@@](=O)C(C)(C)C)c1cccc(N=S(C)(C)=O)c1F. The lowest BCUT2D eigenvalue weighted by molar-refractivity contribution is 0.573. The molecule has 21 heavy (non-hydrogen) atoms. The van der Waals surface area contributed by atoms with Crippen LogP contribution >= 0.6 is 0 Å². The Kier molecular flexibility index (Phi) is 5.69. The highest BCUT2D eigenvalue weighted by atomic mass is 32.2. The number of nitrogens with one attached hydrogen (secondary N) is 1. The second-order valence-electron chi connectivity index (χ2n) is 6.17. The van der Waals surface area contributed by atoms with Crippen molar-refractivity contribution >= 4 is 26.4 Å². The molecule has 1 aromatic carbocycles. The Hall–Kier alpha value is -0.790. The topological polar surface area (TPSA) is 58.5 Å². The zero-order valence-corrected chi connectivity index (χ0v) is 14.9. The Morgan fingerprint density at radius 3 is 2.38 bits per heavy atom. The van der Waals surface area contributed by atoms with Crippen LogP contribution in [0.1, 0.15) is 39.3 Å². The van der Waals surface area contributed by atoms with Crippen LogP contribution in [0.2, 0.25) is 0 Å². The zero-order chi connectivity index (χ0) is 16.4. The first-order chi connectivity index (χ1) is 9.42. The van der Waals surface area contributed by atoms with Crippen LogP contribution in [0.4, 0.5) is 10.1 Å². The van der Waals surface area contributed by atoms with Crippen molar-refractivity contribution in [3.63, 3.8) is 0 Å². The van der Waals surface area contributed by atoms with Crippen molar-refractivity contribution in [2.24, 2.45) is 4.36 Å². The van der Waals surface area contributed by atoms with Crippen LogP contribution in [-0.4, -0.2) is 25.7 Å². The van der Waals surface area contributed by atoms with Crippen molar-refractivity contribution in [2.45, 2.75) is 38.5 Å². The smallest absolute Gasteiger partial charge is 0.154 e. The van der Waals surface area contributed by atoms with Crippen molar-refractivity contribution in [1.82, 2.24) is 4.72 Å². The number of benzene rings is 1. The number of hydrogen-bond donors (Lipinski definition) is 1. The van der Waals surface area contributed by atoms with E-state index in [2.05, 4.69) is 9.08 Å². The van der Waals surface area contributed by atoms with Gasteiger partial charge in [0.15, 0.2) is 5.82 Å². The fourth-order valence-electron chi connectivity index (χ4n) is 1.58. The first kappa shape index (κ1) is 18.3. The second-order valence-corrected chi connectivity index (χ2v) is 10.7. The average molecular weight is 334 g/mol. The minimum Gasteiger partial charge on any atom is -0.250 e. The molecule has 0 aromatic heterocycles. The van der Waals surface area contributed by atoms with E-state index in [1.165, 1.54) is 18.6 Å². The number of halogens is 1. The molecule has 0 fully saturated rings. The summed E-state index contributed by atoms with van der Waals surface area (Å²) in [6.45, 7) is 7.26. The highest BCUT2D eigenvalue weighted by Crippen LogP contribution is 2.27. The normalized spacial score (nSPS) is 15.6. The van der Waals surface area contributed by atoms with Crippen molar-refractivity contribution in [2.75, 3.05) is 12.5 Å². The predicted molar refractivity (Wildman–Crippen MR) is 87.9 cm³/mol. The van der Waals surface area contributed by atoms with Gasteiger partial charge in [0.05, 0.1) is 15.7 Å². The molecular formula is C14H23FN2O2S2. The molecule has 0 amide bonds. The molecule has 0 radical (unpaired) electrons. The molecule has 120 valence electrons. The van der Waals surface area contributed by atoms with E-state index in [-0.39, 0.29) is 5.69 Å². The second kappa shape index (κ2) is 6.54. The molecule has 0 saturated carbocycles. The third-order valence-electron chi connectivity index (χ3n) is 2.63. The minimum atomic E-state index is -2.43. The molecule has 0 aliphatic rings. The van der Waals surface area contributed by atoms with Gasteiger partial charge in [-0.1, -0.05) is 12.1 Å². The lowest BCUT2D eigenvalue weighted by Gasteiger charge is -2.22. The first-order valence-corrected chi connectivity index (χ1v) is 10.0. The van der Waals surface area contributed by atoms with Crippen molar-refractivity contribution in [3.05, 3.63) is 29.6 Å². The monoisotopic (exact) mass is 334 g/mol. The van der Waals surface area contributed by atoms with Crippen LogP contribution in [0.25, 0.3) is 0 Å². The minimum absolute atomic E-state index is 0.0673. The Bertz CT molecular complexity index is 651. The van der Waals surface area contributed by atoms with Gasteiger partial charge in [0.25, 0.3) is 0 Å². The van der Waals surface area contributed by atoms with Crippen LogP contribution in [-0.2, 0) is 20.7 Å². The van der Waals surface area contributed by atoms with E-state index in [1.54, 1.807) is 19.1 Å². The molecule has 1 rings (SSSR count). The fraction of sp³-hybridized carbons (Fsp3) is 0.571. The van der Waals surface area contributed by atoms with Gasteiger partial charge in [-0.25, -0.2) is 17.5 Å². The highest BCUT2D eigenvalue weighted by molar-refractivity contribution is 7.92.